The zero-order valence-electron chi connectivity index (χ0n) is 30.6. The summed E-state index contributed by atoms with van der Waals surface area (Å²) in [6.45, 7) is 8.88. The number of para-hydroxylation sites is 2. The van der Waals surface area contributed by atoms with Crippen molar-refractivity contribution >= 4 is 28.5 Å². The number of amides is 2. The van der Waals surface area contributed by atoms with Gasteiger partial charge < -0.3 is 25.2 Å². The van der Waals surface area contributed by atoms with E-state index in [2.05, 4.69) is 32.4 Å². The van der Waals surface area contributed by atoms with Crippen LogP contribution in [0.25, 0.3) is 11.0 Å². The number of aliphatic hydroxyl groups is 1. The van der Waals surface area contributed by atoms with Crippen LogP contribution < -0.4 is 10.6 Å². The zero-order valence-corrected chi connectivity index (χ0v) is 30.6. The number of rotatable bonds is 8. The Morgan fingerprint density at radius 3 is 2.33 bits per heavy atom. The van der Waals surface area contributed by atoms with Crippen LogP contribution in [-0.4, -0.2) is 62.1 Å². The standard InChI is InChI=1S/C42H51N5O5/c1-26-37(24-47-35-12-8-5-9-28(35)19-22-36(47)40(50)46-42(2,3)4)51-41(52-38(26)29-15-13-27(25-48)14-16-29)30-17-20-31(21-18-30)44-39(49)34-23-43-32-10-6-7-11-33(32)45-34/h6-7,10-11,13-18,20-21,23,26,28,35-38,41,48H,5,8-9,12,19,22,24-25H2,1-4H3,(H,44,49)(H,46,50)/t26-,28+,35+,36+,37+,38+,41+/m0/s1. The number of aromatic nitrogens is 2. The summed E-state index contributed by atoms with van der Waals surface area (Å²) in [6, 6.07) is 23.0. The number of hydrogen-bond donors (Lipinski definition) is 3. The van der Waals surface area contributed by atoms with Crippen molar-refractivity contribution in [1.29, 1.82) is 0 Å². The summed E-state index contributed by atoms with van der Waals surface area (Å²) >= 11 is 0. The fourth-order valence-corrected chi connectivity index (χ4v) is 8.25. The molecule has 3 fully saturated rings. The van der Waals surface area contributed by atoms with Gasteiger partial charge in [-0.2, -0.15) is 0 Å². The van der Waals surface area contributed by atoms with E-state index in [1.54, 1.807) is 0 Å². The Morgan fingerprint density at radius 2 is 1.60 bits per heavy atom. The van der Waals surface area contributed by atoms with Crippen molar-refractivity contribution in [2.24, 2.45) is 11.8 Å². The van der Waals surface area contributed by atoms with Crippen LogP contribution >= 0.6 is 0 Å². The molecule has 1 saturated carbocycles. The molecular formula is C42H51N5O5. The van der Waals surface area contributed by atoms with Gasteiger partial charge in [-0.05, 0) is 87.8 Å². The minimum Gasteiger partial charge on any atom is -0.392 e. The average molecular weight is 706 g/mol. The molecule has 10 heteroatoms. The molecule has 4 aromatic rings. The van der Waals surface area contributed by atoms with Gasteiger partial charge >= 0.3 is 0 Å². The van der Waals surface area contributed by atoms with Crippen LogP contribution in [0.4, 0.5) is 5.69 Å². The largest absolute Gasteiger partial charge is 0.392 e. The molecule has 3 heterocycles. The van der Waals surface area contributed by atoms with Gasteiger partial charge in [-0.25, -0.2) is 4.98 Å². The van der Waals surface area contributed by atoms with Crippen molar-refractivity contribution in [2.45, 2.75) is 109 Å². The highest BCUT2D eigenvalue weighted by atomic mass is 16.7. The van der Waals surface area contributed by atoms with Crippen LogP contribution in [0, 0.1) is 11.8 Å². The summed E-state index contributed by atoms with van der Waals surface area (Å²) in [4.78, 5) is 38.3. The third-order valence-corrected chi connectivity index (χ3v) is 10.9. The van der Waals surface area contributed by atoms with Gasteiger partial charge in [-0.1, -0.05) is 68.3 Å². The van der Waals surface area contributed by atoms with Crippen LogP contribution in [0.3, 0.4) is 0 Å². The lowest BCUT2D eigenvalue weighted by Gasteiger charge is -2.51. The van der Waals surface area contributed by atoms with E-state index in [0.717, 1.165) is 41.5 Å². The monoisotopic (exact) mass is 705 g/mol. The summed E-state index contributed by atoms with van der Waals surface area (Å²) in [7, 11) is 0. The van der Waals surface area contributed by atoms with E-state index < -0.39 is 6.29 Å². The first-order chi connectivity index (χ1) is 25.1. The molecule has 7 rings (SSSR count). The second-order valence-electron chi connectivity index (χ2n) is 15.8. The molecule has 274 valence electrons. The van der Waals surface area contributed by atoms with Crippen LogP contribution in [0.15, 0.2) is 79.0 Å². The lowest BCUT2D eigenvalue weighted by atomic mass is 9.75. The molecule has 2 amide bonds. The normalized spacial score (nSPS) is 26.8. The van der Waals surface area contributed by atoms with Crippen LogP contribution in [0.5, 0.6) is 0 Å². The number of ether oxygens (including phenoxy) is 2. The third kappa shape index (κ3) is 8.05. The van der Waals surface area contributed by atoms with E-state index in [9.17, 15) is 14.7 Å². The van der Waals surface area contributed by atoms with Crippen LogP contribution in [0.1, 0.15) is 106 Å². The first-order valence-corrected chi connectivity index (χ1v) is 18.8. The van der Waals surface area contributed by atoms with E-state index in [1.165, 1.54) is 25.5 Å². The smallest absolute Gasteiger partial charge is 0.275 e. The van der Waals surface area contributed by atoms with Crippen molar-refractivity contribution in [3.63, 3.8) is 0 Å². The number of carbonyl (C=O) groups is 2. The molecular weight excluding hydrogens is 654 g/mol. The molecule has 2 aliphatic heterocycles. The number of carbonyl (C=O) groups excluding carboxylic acids is 2. The molecule has 3 aromatic carbocycles. The lowest BCUT2D eigenvalue weighted by molar-refractivity contribution is -0.278. The maximum absolute atomic E-state index is 13.8. The highest BCUT2D eigenvalue weighted by Gasteiger charge is 2.46. The summed E-state index contributed by atoms with van der Waals surface area (Å²) in [5.74, 6) is 0.317. The minimum absolute atomic E-state index is 0.0202. The molecule has 7 atom stereocenters. The second kappa shape index (κ2) is 15.4. The van der Waals surface area contributed by atoms with Crippen molar-refractivity contribution in [3.05, 3.63) is 101 Å². The van der Waals surface area contributed by atoms with Gasteiger partial charge in [0.15, 0.2) is 6.29 Å². The first kappa shape index (κ1) is 36.2. The number of piperidine rings is 1. The molecule has 0 spiro atoms. The van der Waals surface area contributed by atoms with Crippen molar-refractivity contribution in [1.82, 2.24) is 20.2 Å². The van der Waals surface area contributed by atoms with E-state index in [4.69, 9.17) is 9.47 Å². The van der Waals surface area contributed by atoms with Crippen molar-refractivity contribution in [2.75, 3.05) is 11.9 Å². The molecule has 0 bridgehead atoms. The maximum Gasteiger partial charge on any atom is 0.275 e. The van der Waals surface area contributed by atoms with Gasteiger partial charge in [0.05, 0.1) is 42.1 Å². The average Bonchev–Trinajstić information content (AvgIpc) is 3.15. The fourth-order valence-electron chi connectivity index (χ4n) is 8.25. The Morgan fingerprint density at radius 1 is 0.885 bits per heavy atom. The highest BCUT2D eigenvalue weighted by Crippen LogP contribution is 2.44. The van der Waals surface area contributed by atoms with Gasteiger partial charge in [0.2, 0.25) is 5.91 Å². The number of anilines is 1. The summed E-state index contributed by atoms with van der Waals surface area (Å²) in [6.07, 6.45) is 6.95. The number of aliphatic hydroxyl groups excluding tert-OH is 1. The van der Waals surface area contributed by atoms with Crippen LogP contribution in [0.2, 0.25) is 0 Å². The molecule has 3 aliphatic rings. The van der Waals surface area contributed by atoms with Crippen molar-refractivity contribution in [3.8, 4) is 0 Å². The predicted molar refractivity (Wildman–Crippen MR) is 200 cm³/mol. The topological polar surface area (TPSA) is 126 Å². The molecule has 0 radical (unpaired) electrons. The second-order valence-corrected chi connectivity index (χ2v) is 15.8. The molecule has 1 aromatic heterocycles. The number of fused-ring (bicyclic) bond motifs is 2. The number of benzene rings is 3. The summed E-state index contributed by atoms with van der Waals surface area (Å²) in [5, 5.41) is 15.9. The van der Waals surface area contributed by atoms with E-state index >= 15 is 0 Å². The molecule has 10 nitrogen and oxygen atoms in total. The number of hydrogen-bond acceptors (Lipinski definition) is 8. The summed E-state index contributed by atoms with van der Waals surface area (Å²) < 4.78 is 13.6. The lowest BCUT2D eigenvalue weighted by Crippen LogP contribution is -2.61. The number of likely N-dealkylation sites (tertiary alicyclic amines) is 1. The third-order valence-electron chi connectivity index (χ3n) is 10.9. The molecule has 0 unspecified atom stereocenters. The Hall–Kier alpha value is -4.22. The fraction of sp³-hybridized carbons (Fsp3) is 0.476. The molecule has 3 N–H and O–H groups in total. The Bertz CT molecular complexity index is 1860. The molecule has 52 heavy (non-hydrogen) atoms. The number of nitrogens with one attached hydrogen (secondary N) is 2. The number of nitrogens with zero attached hydrogens (tertiary/aromatic N) is 3. The van der Waals surface area contributed by atoms with E-state index in [1.807, 2.05) is 93.6 Å². The quantitative estimate of drug-likeness (QED) is 0.177. The maximum atomic E-state index is 13.8. The highest BCUT2D eigenvalue weighted by molar-refractivity contribution is 6.03. The van der Waals surface area contributed by atoms with Gasteiger partial charge in [-0.3, -0.25) is 19.5 Å². The molecule has 1 aliphatic carbocycles. The van der Waals surface area contributed by atoms with E-state index in [-0.39, 0.29) is 53.8 Å². The van der Waals surface area contributed by atoms with Gasteiger partial charge in [0.25, 0.3) is 5.91 Å². The zero-order chi connectivity index (χ0) is 36.4. The minimum atomic E-state index is -0.673. The first-order valence-electron chi connectivity index (χ1n) is 18.8. The Kier molecular flexibility index (Phi) is 10.7. The van der Waals surface area contributed by atoms with E-state index in [0.29, 0.717) is 29.7 Å². The van der Waals surface area contributed by atoms with Crippen LogP contribution in [-0.2, 0) is 20.9 Å². The Balaban J connectivity index is 1.14. The van der Waals surface area contributed by atoms with Crippen molar-refractivity contribution < 1.29 is 24.2 Å². The predicted octanol–water partition coefficient (Wildman–Crippen LogP) is 7.10. The summed E-state index contributed by atoms with van der Waals surface area (Å²) in [5.41, 5.74) is 4.60. The SMILES string of the molecule is C[C@H]1[C@@H](CN2[C@@H](C(=O)NC(C)(C)C)CC[C@H]3CCCC[C@H]32)O[C@@H](c2ccc(NC(=O)c3cnc4ccccc4n3)cc2)O[C@H]1c1ccc(CO)cc1. The van der Waals surface area contributed by atoms with Gasteiger partial charge in [0, 0.05) is 35.3 Å². The van der Waals surface area contributed by atoms with Gasteiger partial charge in [-0.15, -0.1) is 0 Å². The van der Waals surface area contributed by atoms with Gasteiger partial charge in [0.1, 0.15) is 5.69 Å². The Labute approximate surface area is 306 Å². The molecule has 2 saturated heterocycles.